The quantitative estimate of drug-likeness (QED) is 0.751. The lowest BCUT2D eigenvalue weighted by atomic mass is 9.96. The summed E-state index contributed by atoms with van der Waals surface area (Å²) in [5, 5.41) is 11.6. The molecule has 0 atom stereocenters. The zero-order valence-electron chi connectivity index (χ0n) is 15.3. The number of hydrogen-bond acceptors (Lipinski definition) is 5. The van der Waals surface area contributed by atoms with Gasteiger partial charge in [0, 0.05) is 37.3 Å². The number of fused-ring (bicyclic) bond motifs is 1. The van der Waals surface area contributed by atoms with Gasteiger partial charge in [-0.25, -0.2) is 0 Å². The first-order valence-corrected chi connectivity index (χ1v) is 9.20. The Morgan fingerprint density at radius 2 is 1.93 bits per heavy atom. The number of nitrogens with one attached hydrogen (secondary N) is 1. The van der Waals surface area contributed by atoms with Gasteiger partial charge in [-0.15, -0.1) is 10.2 Å². The van der Waals surface area contributed by atoms with Crippen LogP contribution in [0.2, 0.25) is 0 Å². The fraction of sp³-hybridized carbons (Fsp3) is 0.350. The molecule has 1 aliphatic heterocycles. The van der Waals surface area contributed by atoms with Crippen LogP contribution in [0, 0.1) is 5.92 Å². The average Bonchev–Trinajstić information content (AvgIpc) is 3.16. The Morgan fingerprint density at radius 3 is 2.74 bits per heavy atom. The molecular formula is C20H23N5O2. The predicted molar refractivity (Wildman–Crippen MR) is 103 cm³/mol. The van der Waals surface area contributed by atoms with Gasteiger partial charge in [-0.3, -0.25) is 9.20 Å². The molecule has 1 fully saturated rings. The van der Waals surface area contributed by atoms with E-state index in [1.165, 1.54) is 0 Å². The Labute approximate surface area is 158 Å². The van der Waals surface area contributed by atoms with Gasteiger partial charge in [0.1, 0.15) is 5.75 Å². The van der Waals surface area contributed by atoms with Crippen molar-refractivity contribution in [1.29, 1.82) is 0 Å². The number of hydrogen-bond donors (Lipinski definition) is 1. The molecule has 3 heterocycles. The van der Waals surface area contributed by atoms with Crippen molar-refractivity contribution < 1.29 is 9.53 Å². The summed E-state index contributed by atoms with van der Waals surface area (Å²) in [6, 6.07) is 13.6. The van der Waals surface area contributed by atoms with Crippen LogP contribution in [0.1, 0.15) is 18.4 Å². The molecule has 1 saturated heterocycles. The minimum atomic E-state index is 0.0233. The maximum atomic E-state index is 12.6. The van der Waals surface area contributed by atoms with Crippen molar-refractivity contribution in [2.24, 2.45) is 5.92 Å². The molecule has 0 saturated carbocycles. The molecule has 0 aliphatic carbocycles. The van der Waals surface area contributed by atoms with Gasteiger partial charge >= 0.3 is 0 Å². The highest BCUT2D eigenvalue weighted by Crippen LogP contribution is 2.23. The van der Waals surface area contributed by atoms with E-state index >= 15 is 0 Å². The van der Waals surface area contributed by atoms with Crippen molar-refractivity contribution in [3.8, 4) is 5.75 Å². The Morgan fingerprint density at radius 1 is 1.15 bits per heavy atom. The van der Waals surface area contributed by atoms with Crippen molar-refractivity contribution in [1.82, 2.24) is 19.9 Å². The number of para-hydroxylation sites is 1. The van der Waals surface area contributed by atoms with E-state index in [9.17, 15) is 4.79 Å². The van der Waals surface area contributed by atoms with Crippen LogP contribution in [0.3, 0.4) is 0 Å². The number of methoxy groups -OCH3 is 1. The fourth-order valence-corrected chi connectivity index (χ4v) is 3.56. The van der Waals surface area contributed by atoms with Crippen LogP contribution >= 0.6 is 0 Å². The SMILES string of the molecule is COc1ccccc1CNC(=O)C1CCN(c2nnc3ccccn23)CC1. The van der Waals surface area contributed by atoms with E-state index in [0.29, 0.717) is 6.54 Å². The van der Waals surface area contributed by atoms with Crippen LogP contribution in [-0.2, 0) is 11.3 Å². The van der Waals surface area contributed by atoms with Gasteiger partial charge in [-0.05, 0) is 31.0 Å². The minimum Gasteiger partial charge on any atom is -0.496 e. The van der Waals surface area contributed by atoms with Gasteiger partial charge in [-0.2, -0.15) is 0 Å². The Bertz CT molecular complexity index is 931. The van der Waals surface area contributed by atoms with Crippen molar-refractivity contribution in [2.75, 3.05) is 25.1 Å². The van der Waals surface area contributed by atoms with Crippen molar-refractivity contribution in [3.05, 3.63) is 54.2 Å². The second-order valence-corrected chi connectivity index (χ2v) is 6.72. The van der Waals surface area contributed by atoms with Crippen LogP contribution in [0.5, 0.6) is 5.75 Å². The van der Waals surface area contributed by atoms with E-state index in [-0.39, 0.29) is 11.8 Å². The molecule has 1 aromatic carbocycles. The number of anilines is 1. The van der Waals surface area contributed by atoms with E-state index in [0.717, 1.165) is 48.8 Å². The summed E-state index contributed by atoms with van der Waals surface area (Å²) in [6.07, 6.45) is 3.58. The molecular weight excluding hydrogens is 342 g/mol. The molecule has 3 aromatic rings. The lowest BCUT2D eigenvalue weighted by Gasteiger charge is -2.31. The monoisotopic (exact) mass is 365 g/mol. The van der Waals surface area contributed by atoms with Gasteiger partial charge in [0.25, 0.3) is 0 Å². The third-order valence-corrected chi connectivity index (χ3v) is 5.09. The van der Waals surface area contributed by atoms with Gasteiger partial charge in [-0.1, -0.05) is 24.3 Å². The maximum absolute atomic E-state index is 12.6. The third kappa shape index (κ3) is 3.58. The second-order valence-electron chi connectivity index (χ2n) is 6.72. The third-order valence-electron chi connectivity index (χ3n) is 5.09. The number of carbonyl (C=O) groups is 1. The molecule has 27 heavy (non-hydrogen) atoms. The molecule has 2 aromatic heterocycles. The second kappa shape index (κ2) is 7.65. The van der Waals surface area contributed by atoms with Crippen LogP contribution in [0.4, 0.5) is 5.95 Å². The number of rotatable bonds is 5. The summed E-state index contributed by atoms with van der Waals surface area (Å²) in [6.45, 7) is 2.07. The zero-order valence-corrected chi connectivity index (χ0v) is 15.3. The molecule has 4 rings (SSSR count). The van der Waals surface area contributed by atoms with Gasteiger partial charge in [0.05, 0.1) is 7.11 Å². The lowest BCUT2D eigenvalue weighted by molar-refractivity contribution is -0.125. The summed E-state index contributed by atoms with van der Waals surface area (Å²) in [5.74, 6) is 1.77. The van der Waals surface area contributed by atoms with Crippen molar-refractivity contribution in [2.45, 2.75) is 19.4 Å². The first kappa shape index (κ1) is 17.3. The highest BCUT2D eigenvalue weighted by molar-refractivity contribution is 5.79. The maximum Gasteiger partial charge on any atom is 0.231 e. The number of pyridine rings is 1. The topological polar surface area (TPSA) is 71.8 Å². The molecule has 0 radical (unpaired) electrons. The highest BCUT2D eigenvalue weighted by Gasteiger charge is 2.27. The first-order valence-electron chi connectivity index (χ1n) is 9.20. The molecule has 1 aliphatic rings. The number of aromatic nitrogens is 3. The highest BCUT2D eigenvalue weighted by atomic mass is 16.5. The van der Waals surface area contributed by atoms with E-state index in [1.807, 2.05) is 53.1 Å². The first-order chi connectivity index (χ1) is 13.3. The molecule has 1 amide bonds. The van der Waals surface area contributed by atoms with E-state index in [1.54, 1.807) is 7.11 Å². The van der Waals surface area contributed by atoms with Crippen LogP contribution < -0.4 is 15.0 Å². The van der Waals surface area contributed by atoms with Gasteiger partial charge in [0.2, 0.25) is 11.9 Å². The molecule has 0 spiro atoms. The fourth-order valence-electron chi connectivity index (χ4n) is 3.56. The predicted octanol–water partition coefficient (Wildman–Crippen LogP) is 2.27. The molecule has 0 bridgehead atoms. The summed E-state index contributed by atoms with van der Waals surface area (Å²) in [7, 11) is 1.64. The number of carbonyl (C=O) groups excluding carboxylic acids is 1. The molecule has 140 valence electrons. The average molecular weight is 365 g/mol. The molecule has 1 N–H and O–H groups in total. The lowest BCUT2D eigenvalue weighted by Crippen LogP contribution is -2.41. The van der Waals surface area contributed by atoms with Gasteiger partial charge in [0.15, 0.2) is 5.65 Å². The minimum absolute atomic E-state index is 0.0233. The van der Waals surface area contributed by atoms with E-state index in [2.05, 4.69) is 20.4 Å². The smallest absolute Gasteiger partial charge is 0.231 e. The normalized spacial score (nSPS) is 15.1. The number of benzene rings is 1. The Hall–Kier alpha value is -3.09. The van der Waals surface area contributed by atoms with Crippen LogP contribution in [0.25, 0.3) is 5.65 Å². The number of piperidine rings is 1. The molecule has 7 nitrogen and oxygen atoms in total. The van der Waals surface area contributed by atoms with Crippen LogP contribution in [0.15, 0.2) is 48.7 Å². The van der Waals surface area contributed by atoms with Crippen molar-refractivity contribution in [3.63, 3.8) is 0 Å². The Kier molecular flexibility index (Phi) is 4.91. The van der Waals surface area contributed by atoms with E-state index < -0.39 is 0 Å². The van der Waals surface area contributed by atoms with Gasteiger partial charge < -0.3 is 15.0 Å². The summed E-state index contributed by atoms with van der Waals surface area (Å²) in [4.78, 5) is 14.8. The largest absolute Gasteiger partial charge is 0.496 e. The molecule has 7 heteroatoms. The van der Waals surface area contributed by atoms with Crippen LogP contribution in [-0.4, -0.2) is 40.7 Å². The Balaban J connectivity index is 1.34. The van der Waals surface area contributed by atoms with E-state index in [4.69, 9.17) is 4.74 Å². The van der Waals surface area contributed by atoms with Crippen molar-refractivity contribution >= 4 is 17.5 Å². The molecule has 0 unspecified atom stereocenters. The zero-order chi connectivity index (χ0) is 18.6. The number of nitrogens with zero attached hydrogens (tertiary/aromatic N) is 4. The summed E-state index contributed by atoms with van der Waals surface area (Å²) < 4.78 is 7.33. The standard InChI is InChI=1S/C20H23N5O2/c1-27-17-7-3-2-6-16(17)14-21-19(26)15-9-12-24(13-10-15)20-23-22-18-8-4-5-11-25(18)20/h2-8,11,15H,9-10,12-14H2,1H3,(H,21,26). The summed E-state index contributed by atoms with van der Waals surface area (Å²) in [5.41, 5.74) is 1.82. The summed E-state index contributed by atoms with van der Waals surface area (Å²) >= 11 is 0. The number of ether oxygens (including phenoxy) is 1. The number of amides is 1.